The molecule has 27 heavy (non-hydrogen) atoms. The number of benzene rings is 4. The van der Waals surface area contributed by atoms with Crippen molar-refractivity contribution in [1.82, 2.24) is 0 Å². The Morgan fingerprint density at radius 2 is 1.07 bits per heavy atom. The fraction of sp³-hybridized carbons (Fsp3) is 0.111. The van der Waals surface area contributed by atoms with E-state index in [1.54, 1.807) is 0 Å². The lowest BCUT2D eigenvalue weighted by Gasteiger charge is -2.18. The van der Waals surface area contributed by atoms with Crippen molar-refractivity contribution in [1.29, 1.82) is 0 Å². The molecule has 0 atom stereocenters. The third-order valence-electron chi connectivity index (χ3n) is 5.23. The van der Waals surface area contributed by atoms with Crippen molar-refractivity contribution in [3.8, 4) is 33.4 Å². The van der Waals surface area contributed by atoms with Crippen molar-refractivity contribution in [2.45, 2.75) is 20.3 Å². The van der Waals surface area contributed by atoms with Crippen LogP contribution >= 0.6 is 0 Å². The standard InChI is InChI=1S/C27H24/c1-3-24-26(22-15-8-5-9-16-22)18-23(21-13-6-4-7-14-21)19-27(24)25-17-11-10-12-20(25)2/h4-19H,3H2,1-2H3. The summed E-state index contributed by atoms with van der Waals surface area (Å²) in [5.74, 6) is 0. The molecular formula is C27H24. The molecule has 0 unspecified atom stereocenters. The van der Waals surface area contributed by atoms with E-state index < -0.39 is 0 Å². The van der Waals surface area contributed by atoms with E-state index in [0.29, 0.717) is 0 Å². The molecular weight excluding hydrogens is 324 g/mol. The highest BCUT2D eigenvalue weighted by Crippen LogP contribution is 2.38. The van der Waals surface area contributed by atoms with Gasteiger partial charge in [0, 0.05) is 0 Å². The maximum atomic E-state index is 2.36. The van der Waals surface area contributed by atoms with Crippen LogP contribution in [0.2, 0.25) is 0 Å². The normalized spacial score (nSPS) is 10.7. The minimum Gasteiger partial charge on any atom is -0.0622 e. The molecule has 132 valence electrons. The zero-order valence-corrected chi connectivity index (χ0v) is 15.9. The molecule has 4 aromatic carbocycles. The SMILES string of the molecule is CCc1c(-c2ccccc2)cc(-c2ccccc2)cc1-c1ccccc1C. The number of rotatable bonds is 4. The van der Waals surface area contributed by atoms with Gasteiger partial charge >= 0.3 is 0 Å². The minimum atomic E-state index is 1.00. The molecule has 0 amide bonds. The van der Waals surface area contributed by atoms with Crippen LogP contribution in [0.4, 0.5) is 0 Å². The first-order chi connectivity index (χ1) is 13.3. The van der Waals surface area contributed by atoms with E-state index in [2.05, 4.69) is 111 Å². The van der Waals surface area contributed by atoms with Gasteiger partial charge in [0.05, 0.1) is 0 Å². The summed E-state index contributed by atoms with van der Waals surface area (Å²) in [6.07, 6.45) is 1.00. The van der Waals surface area contributed by atoms with Crippen LogP contribution in [-0.4, -0.2) is 0 Å². The van der Waals surface area contributed by atoms with Crippen molar-refractivity contribution < 1.29 is 0 Å². The van der Waals surface area contributed by atoms with E-state index in [4.69, 9.17) is 0 Å². The largest absolute Gasteiger partial charge is 0.0622 e. The van der Waals surface area contributed by atoms with E-state index in [9.17, 15) is 0 Å². The van der Waals surface area contributed by atoms with Crippen LogP contribution in [0.1, 0.15) is 18.1 Å². The molecule has 0 nitrogen and oxygen atoms in total. The van der Waals surface area contributed by atoms with Crippen molar-refractivity contribution in [3.05, 3.63) is 108 Å². The van der Waals surface area contributed by atoms with Crippen LogP contribution in [0.5, 0.6) is 0 Å². The second-order valence-electron chi connectivity index (χ2n) is 6.95. The second kappa shape index (κ2) is 7.63. The Morgan fingerprint density at radius 3 is 1.70 bits per heavy atom. The van der Waals surface area contributed by atoms with E-state index >= 15 is 0 Å². The van der Waals surface area contributed by atoms with Gasteiger partial charge in [-0.1, -0.05) is 91.9 Å². The van der Waals surface area contributed by atoms with E-state index in [1.165, 1.54) is 44.5 Å². The zero-order chi connectivity index (χ0) is 18.6. The lowest BCUT2D eigenvalue weighted by molar-refractivity contribution is 1.14. The summed E-state index contributed by atoms with van der Waals surface area (Å²) in [4.78, 5) is 0. The van der Waals surface area contributed by atoms with E-state index in [0.717, 1.165) is 6.42 Å². The molecule has 4 rings (SSSR count). The highest BCUT2D eigenvalue weighted by atomic mass is 14.2. The monoisotopic (exact) mass is 348 g/mol. The molecule has 0 radical (unpaired) electrons. The van der Waals surface area contributed by atoms with Crippen LogP contribution in [0.15, 0.2) is 97.1 Å². The molecule has 0 aliphatic rings. The maximum absolute atomic E-state index is 2.36. The third-order valence-corrected chi connectivity index (χ3v) is 5.23. The van der Waals surface area contributed by atoms with Gasteiger partial charge in [0.1, 0.15) is 0 Å². The second-order valence-corrected chi connectivity index (χ2v) is 6.95. The zero-order valence-electron chi connectivity index (χ0n) is 15.9. The summed E-state index contributed by atoms with van der Waals surface area (Å²) in [5.41, 5.74) is 10.5. The van der Waals surface area contributed by atoms with Gasteiger partial charge in [-0.15, -0.1) is 0 Å². The predicted molar refractivity (Wildman–Crippen MR) is 117 cm³/mol. The molecule has 0 saturated carbocycles. The van der Waals surface area contributed by atoms with Crippen molar-refractivity contribution in [2.24, 2.45) is 0 Å². The number of hydrogen-bond donors (Lipinski definition) is 0. The Bertz CT molecular complexity index is 1040. The van der Waals surface area contributed by atoms with E-state index in [1.807, 2.05) is 0 Å². The molecule has 4 aromatic rings. The first kappa shape index (κ1) is 17.3. The third kappa shape index (κ3) is 3.44. The summed E-state index contributed by atoms with van der Waals surface area (Å²) in [6, 6.07) is 34.8. The average Bonchev–Trinajstić information content (AvgIpc) is 2.74. The van der Waals surface area contributed by atoms with Crippen LogP contribution in [-0.2, 0) is 6.42 Å². The molecule has 0 saturated heterocycles. The summed E-state index contributed by atoms with van der Waals surface area (Å²) < 4.78 is 0. The first-order valence-corrected chi connectivity index (χ1v) is 9.61. The van der Waals surface area contributed by atoms with Crippen molar-refractivity contribution in [3.63, 3.8) is 0 Å². The van der Waals surface area contributed by atoms with Gasteiger partial charge in [-0.3, -0.25) is 0 Å². The highest BCUT2D eigenvalue weighted by Gasteiger charge is 2.15. The van der Waals surface area contributed by atoms with Gasteiger partial charge < -0.3 is 0 Å². The Hall–Kier alpha value is -3.12. The average molecular weight is 348 g/mol. The smallest absolute Gasteiger partial charge is 0.0137 e. The molecule has 0 N–H and O–H groups in total. The highest BCUT2D eigenvalue weighted by molar-refractivity contribution is 5.86. The van der Waals surface area contributed by atoms with Gasteiger partial charge in [0.25, 0.3) is 0 Å². The lowest BCUT2D eigenvalue weighted by atomic mass is 9.85. The van der Waals surface area contributed by atoms with Crippen LogP contribution in [0, 0.1) is 6.92 Å². The van der Waals surface area contributed by atoms with Crippen molar-refractivity contribution >= 4 is 0 Å². The van der Waals surface area contributed by atoms with Gasteiger partial charge in [-0.05, 0) is 70.0 Å². The van der Waals surface area contributed by atoms with Crippen LogP contribution < -0.4 is 0 Å². The fourth-order valence-corrected chi connectivity index (χ4v) is 3.84. The molecule has 0 fully saturated rings. The number of aryl methyl sites for hydroxylation is 1. The van der Waals surface area contributed by atoms with Gasteiger partial charge in [0.15, 0.2) is 0 Å². The van der Waals surface area contributed by atoms with Crippen LogP contribution in [0.25, 0.3) is 33.4 Å². The topological polar surface area (TPSA) is 0 Å². The summed E-state index contributed by atoms with van der Waals surface area (Å²) in [7, 11) is 0. The quantitative estimate of drug-likeness (QED) is 0.357. The Labute approximate surface area is 162 Å². The maximum Gasteiger partial charge on any atom is -0.0137 e. The summed E-state index contributed by atoms with van der Waals surface area (Å²) in [6.45, 7) is 4.46. The molecule has 0 heterocycles. The minimum absolute atomic E-state index is 1.00. The van der Waals surface area contributed by atoms with Gasteiger partial charge in [0.2, 0.25) is 0 Å². The Kier molecular flexibility index (Phi) is 4.89. The van der Waals surface area contributed by atoms with Gasteiger partial charge in [-0.2, -0.15) is 0 Å². The molecule has 0 heteroatoms. The predicted octanol–water partition coefficient (Wildman–Crippen LogP) is 7.56. The molecule has 0 aliphatic heterocycles. The molecule has 0 aliphatic carbocycles. The number of hydrogen-bond acceptors (Lipinski definition) is 0. The Morgan fingerprint density at radius 1 is 0.519 bits per heavy atom. The van der Waals surface area contributed by atoms with E-state index in [-0.39, 0.29) is 0 Å². The summed E-state index contributed by atoms with van der Waals surface area (Å²) >= 11 is 0. The van der Waals surface area contributed by atoms with Gasteiger partial charge in [-0.25, -0.2) is 0 Å². The summed E-state index contributed by atoms with van der Waals surface area (Å²) in [5, 5.41) is 0. The lowest BCUT2D eigenvalue weighted by Crippen LogP contribution is -1.96. The molecule has 0 aromatic heterocycles. The Balaban J connectivity index is 2.04. The molecule has 0 spiro atoms. The first-order valence-electron chi connectivity index (χ1n) is 9.61. The fourth-order valence-electron chi connectivity index (χ4n) is 3.84. The molecule has 0 bridgehead atoms. The van der Waals surface area contributed by atoms with Crippen molar-refractivity contribution in [2.75, 3.05) is 0 Å². The van der Waals surface area contributed by atoms with Crippen LogP contribution in [0.3, 0.4) is 0 Å².